The summed E-state index contributed by atoms with van der Waals surface area (Å²) in [6, 6.07) is 7.40. The van der Waals surface area contributed by atoms with E-state index in [1.807, 2.05) is 18.2 Å². The van der Waals surface area contributed by atoms with Gasteiger partial charge in [-0.25, -0.2) is 0 Å². The van der Waals surface area contributed by atoms with Gasteiger partial charge in [0.05, 0.1) is 5.25 Å². The van der Waals surface area contributed by atoms with Gasteiger partial charge in [-0.3, -0.25) is 4.79 Å². The molecule has 1 aliphatic heterocycles. The molecule has 4 N–H and O–H groups in total. The predicted molar refractivity (Wildman–Crippen MR) is 74.8 cm³/mol. The number of aliphatic imine (C=N–C) groups is 2. The molecule has 18 heavy (non-hydrogen) atoms. The number of hydrogen-bond acceptors (Lipinski definition) is 3. The molecule has 1 aromatic rings. The fourth-order valence-electron chi connectivity index (χ4n) is 1.52. The Morgan fingerprint density at radius 1 is 1.44 bits per heavy atom. The first-order valence-corrected chi connectivity index (χ1v) is 6.44. The van der Waals surface area contributed by atoms with Gasteiger partial charge in [-0.2, -0.15) is 9.98 Å². The molecule has 0 unspecified atom stereocenters. The summed E-state index contributed by atoms with van der Waals surface area (Å²) >= 11 is 7.29. The molecule has 1 atom stereocenters. The van der Waals surface area contributed by atoms with E-state index in [0.29, 0.717) is 16.6 Å². The Bertz CT molecular complexity index is 540. The molecule has 1 aromatic carbocycles. The maximum Gasteiger partial charge on any atom is 0.262 e. The van der Waals surface area contributed by atoms with Crippen molar-refractivity contribution in [1.82, 2.24) is 0 Å². The van der Waals surface area contributed by atoms with Gasteiger partial charge in [0.25, 0.3) is 5.91 Å². The topological polar surface area (TPSA) is 93.8 Å². The molecular weight excluding hydrogens is 272 g/mol. The lowest BCUT2D eigenvalue weighted by atomic mass is 10.1. The van der Waals surface area contributed by atoms with E-state index in [1.54, 1.807) is 6.07 Å². The van der Waals surface area contributed by atoms with Crippen molar-refractivity contribution in [3.63, 3.8) is 0 Å². The van der Waals surface area contributed by atoms with Crippen LogP contribution in [0.3, 0.4) is 0 Å². The zero-order chi connectivity index (χ0) is 13.1. The fraction of sp³-hybridized carbons (Fsp3) is 0.182. The molecule has 7 heteroatoms. The molecule has 0 aliphatic carbocycles. The molecule has 0 aromatic heterocycles. The maximum atomic E-state index is 11.7. The number of rotatable bonds is 2. The molecule has 0 saturated heterocycles. The fourth-order valence-corrected chi connectivity index (χ4v) is 2.71. The molecule has 0 bridgehead atoms. The van der Waals surface area contributed by atoms with Crippen molar-refractivity contribution >= 4 is 40.4 Å². The van der Waals surface area contributed by atoms with E-state index >= 15 is 0 Å². The van der Waals surface area contributed by atoms with E-state index in [0.717, 1.165) is 5.56 Å². The van der Waals surface area contributed by atoms with Gasteiger partial charge in [-0.15, -0.1) is 0 Å². The Hall–Kier alpha value is -1.53. The third kappa shape index (κ3) is 3.02. The highest BCUT2D eigenvalue weighted by molar-refractivity contribution is 8.15. The van der Waals surface area contributed by atoms with Crippen molar-refractivity contribution in [1.29, 1.82) is 0 Å². The minimum atomic E-state index is -0.317. The van der Waals surface area contributed by atoms with E-state index < -0.39 is 0 Å². The van der Waals surface area contributed by atoms with E-state index in [4.69, 9.17) is 23.1 Å². The van der Waals surface area contributed by atoms with E-state index in [-0.39, 0.29) is 17.1 Å². The van der Waals surface area contributed by atoms with Crippen LogP contribution in [0.25, 0.3) is 0 Å². The third-order valence-electron chi connectivity index (χ3n) is 2.32. The number of amides is 1. The number of nitrogens with zero attached hydrogens (tertiary/aromatic N) is 2. The average molecular weight is 283 g/mol. The zero-order valence-corrected chi connectivity index (χ0v) is 10.9. The molecule has 2 rings (SSSR count). The van der Waals surface area contributed by atoms with Crippen LogP contribution >= 0.6 is 23.4 Å². The van der Waals surface area contributed by atoms with Crippen LogP contribution in [0.5, 0.6) is 0 Å². The van der Waals surface area contributed by atoms with Gasteiger partial charge in [-0.1, -0.05) is 41.6 Å². The van der Waals surface area contributed by atoms with Crippen LogP contribution in [0.2, 0.25) is 5.02 Å². The molecule has 0 saturated carbocycles. The number of hydrogen-bond donors (Lipinski definition) is 2. The molecule has 0 spiro atoms. The quantitative estimate of drug-likeness (QED) is 0.628. The Morgan fingerprint density at radius 2 is 2.17 bits per heavy atom. The van der Waals surface area contributed by atoms with Gasteiger partial charge in [-0.05, 0) is 18.1 Å². The van der Waals surface area contributed by atoms with Crippen molar-refractivity contribution in [2.24, 2.45) is 21.5 Å². The van der Waals surface area contributed by atoms with Gasteiger partial charge in [0.15, 0.2) is 11.1 Å². The zero-order valence-electron chi connectivity index (χ0n) is 9.34. The molecule has 0 fully saturated rings. The van der Waals surface area contributed by atoms with E-state index in [9.17, 15) is 4.79 Å². The van der Waals surface area contributed by atoms with E-state index in [1.165, 1.54) is 11.8 Å². The first-order valence-electron chi connectivity index (χ1n) is 5.18. The standard InChI is InChI=1S/C11H11ClN4OS/c12-7-4-2-1-3-6(7)5-8-9(17)15-11(18-8)16-10(13)14/h1-4,8H,5H2,(H4,13,14,15,16,17)/t8-/m0/s1. The largest absolute Gasteiger partial charge is 0.370 e. The molecule has 0 radical (unpaired) electrons. The first-order chi connectivity index (χ1) is 8.56. The van der Waals surface area contributed by atoms with Crippen LogP contribution in [0, 0.1) is 0 Å². The molecular formula is C11H11ClN4OS. The highest BCUT2D eigenvalue weighted by atomic mass is 35.5. The number of carbonyl (C=O) groups is 1. The Labute approximate surface area is 113 Å². The van der Waals surface area contributed by atoms with Crippen LogP contribution in [0.4, 0.5) is 0 Å². The Morgan fingerprint density at radius 3 is 2.83 bits per heavy atom. The van der Waals surface area contributed by atoms with Gasteiger partial charge in [0.1, 0.15) is 0 Å². The smallest absolute Gasteiger partial charge is 0.262 e. The van der Waals surface area contributed by atoms with Crippen LogP contribution in [-0.2, 0) is 11.2 Å². The summed E-state index contributed by atoms with van der Waals surface area (Å²) in [6.07, 6.45) is 0.510. The van der Waals surface area contributed by atoms with Gasteiger partial charge < -0.3 is 11.5 Å². The van der Waals surface area contributed by atoms with Crippen molar-refractivity contribution in [2.45, 2.75) is 11.7 Å². The highest BCUT2D eigenvalue weighted by Gasteiger charge is 2.29. The number of carbonyl (C=O) groups excluding carboxylic acids is 1. The van der Waals surface area contributed by atoms with Gasteiger partial charge >= 0.3 is 0 Å². The highest BCUT2D eigenvalue weighted by Crippen LogP contribution is 2.28. The first kappa shape index (κ1) is 12.9. The normalized spacial score (nSPS) is 18.6. The third-order valence-corrected chi connectivity index (χ3v) is 3.73. The van der Waals surface area contributed by atoms with Crippen LogP contribution in [0.1, 0.15) is 5.56 Å². The number of nitrogens with two attached hydrogens (primary N) is 2. The number of benzene rings is 1. The Balaban J connectivity index is 2.08. The van der Waals surface area contributed by atoms with Crippen molar-refractivity contribution in [3.05, 3.63) is 34.9 Å². The summed E-state index contributed by atoms with van der Waals surface area (Å²) in [5, 5.41) is 0.626. The second-order valence-corrected chi connectivity index (χ2v) is 5.25. The lowest BCUT2D eigenvalue weighted by molar-refractivity contribution is -0.117. The number of halogens is 1. The molecule has 1 aliphatic rings. The molecule has 5 nitrogen and oxygen atoms in total. The van der Waals surface area contributed by atoms with Gasteiger partial charge in [0, 0.05) is 5.02 Å². The van der Waals surface area contributed by atoms with Crippen molar-refractivity contribution < 1.29 is 4.79 Å². The Kier molecular flexibility index (Phi) is 3.88. The van der Waals surface area contributed by atoms with E-state index in [2.05, 4.69) is 9.98 Å². The molecule has 94 valence electrons. The second kappa shape index (κ2) is 5.41. The summed E-state index contributed by atoms with van der Waals surface area (Å²) in [5.41, 5.74) is 11.4. The average Bonchev–Trinajstić information content (AvgIpc) is 2.61. The number of amidine groups is 1. The van der Waals surface area contributed by atoms with Crippen LogP contribution in [0.15, 0.2) is 34.3 Å². The van der Waals surface area contributed by atoms with Crippen LogP contribution < -0.4 is 11.5 Å². The minimum Gasteiger partial charge on any atom is -0.370 e. The lowest BCUT2D eigenvalue weighted by Gasteiger charge is -2.07. The molecule has 1 amide bonds. The minimum absolute atomic E-state index is 0.104. The summed E-state index contributed by atoms with van der Waals surface area (Å²) in [4.78, 5) is 19.2. The monoisotopic (exact) mass is 282 g/mol. The summed E-state index contributed by atoms with van der Waals surface area (Å²) in [5.74, 6) is -0.340. The predicted octanol–water partition coefficient (Wildman–Crippen LogP) is 1.15. The maximum absolute atomic E-state index is 11.7. The number of thioether (sulfide) groups is 1. The summed E-state index contributed by atoms with van der Waals surface area (Å²) < 4.78 is 0. The lowest BCUT2D eigenvalue weighted by Crippen LogP contribution is -2.23. The van der Waals surface area contributed by atoms with Gasteiger partial charge in [0.2, 0.25) is 0 Å². The summed E-state index contributed by atoms with van der Waals surface area (Å²) in [7, 11) is 0. The SMILES string of the molecule is NC(N)=NC1=NC(=O)[C@H](Cc2ccccc2Cl)S1. The summed E-state index contributed by atoms with van der Waals surface area (Å²) in [6.45, 7) is 0. The molecule has 1 heterocycles. The van der Waals surface area contributed by atoms with Crippen LogP contribution in [-0.4, -0.2) is 22.3 Å². The second-order valence-electron chi connectivity index (χ2n) is 3.67. The number of guanidine groups is 1. The van der Waals surface area contributed by atoms with Crippen molar-refractivity contribution in [3.8, 4) is 0 Å². The van der Waals surface area contributed by atoms with Crippen molar-refractivity contribution in [2.75, 3.05) is 0 Å².